The molecule has 0 radical (unpaired) electrons. The Bertz CT molecular complexity index is 399. The highest BCUT2D eigenvalue weighted by atomic mass is 15.1. The quantitative estimate of drug-likeness (QED) is 0.794. The second-order valence-corrected chi connectivity index (χ2v) is 5.77. The van der Waals surface area contributed by atoms with Gasteiger partial charge in [-0.05, 0) is 18.8 Å². The zero-order valence-corrected chi connectivity index (χ0v) is 12.9. The van der Waals surface area contributed by atoms with E-state index in [1.165, 1.54) is 44.1 Å². The van der Waals surface area contributed by atoms with Crippen LogP contribution in [-0.2, 0) is 6.42 Å². The van der Waals surface area contributed by atoms with E-state index in [2.05, 4.69) is 27.5 Å². The second kappa shape index (κ2) is 8.08. The molecule has 4 heteroatoms. The Morgan fingerprint density at radius 1 is 1.15 bits per heavy atom. The highest BCUT2D eigenvalue weighted by Crippen LogP contribution is 2.27. The van der Waals surface area contributed by atoms with Crippen LogP contribution in [-0.4, -0.2) is 23.6 Å². The van der Waals surface area contributed by atoms with E-state index in [-0.39, 0.29) is 0 Å². The van der Waals surface area contributed by atoms with Crippen LogP contribution in [0.25, 0.3) is 0 Å². The van der Waals surface area contributed by atoms with Gasteiger partial charge in [-0.3, -0.25) is 0 Å². The van der Waals surface area contributed by atoms with Crippen molar-refractivity contribution in [3.8, 4) is 0 Å². The van der Waals surface area contributed by atoms with Crippen molar-refractivity contribution in [2.24, 2.45) is 5.92 Å². The molecule has 4 nitrogen and oxygen atoms in total. The molecule has 0 aliphatic heterocycles. The van der Waals surface area contributed by atoms with Crippen LogP contribution >= 0.6 is 0 Å². The summed E-state index contributed by atoms with van der Waals surface area (Å²) in [4.78, 5) is 8.74. The van der Waals surface area contributed by atoms with E-state index in [1.54, 1.807) is 6.33 Å². The average molecular weight is 276 g/mol. The lowest BCUT2D eigenvalue weighted by Gasteiger charge is -2.22. The fourth-order valence-corrected chi connectivity index (χ4v) is 3.14. The average Bonchev–Trinajstić information content (AvgIpc) is 2.50. The first-order chi connectivity index (χ1) is 9.85. The third-order valence-corrected chi connectivity index (χ3v) is 4.25. The number of anilines is 2. The normalized spacial score (nSPS) is 16.1. The molecule has 0 aromatic carbocycles. The minimum absolute atomic E-state index is 0.913. The SMILES string of the molecule is CCCc1c(NC)ncnc1NCCC1CCCCC1. The van der Waals surface area contributed by atoms with Crippen LogP contribution in [0.2, 0.25) is 0 Å². The van der Waals surface area contributed by atoms with Gasteiger partial charge in [0.25, 0.3) is 0 Å². The van der Waals surface area contributed by atoms with Crippen LogP contribution in [0.5, 0.6) is 0 Å². The molecule has 2 rings (SSSR count). The molecule has 1 saturated carbocycles. The van der Waals surface area contributed by atoms with Crippen molar-refractivity contribution in [3.05, 3.63) is 11.9 Å². The Kier molecular flexibility index (Phi) is 6.09. The van der Waals surface area contributed by atoms with Crippen LogP contribution in [0.15, 0.2) is 6.33 Å². The van der Waals surface area contributed by atoms with E-state index in [0.29, 0.717) is 0 Å². The summed E-state index contributed by atoms with van der Waals surface area (Å²) in [6.45, 7) is 3.22. The molecule has 0 unspecified atom stereocenters. The second-order valence-electron chi connectivity index (χ2n) is 5.77. The van der Waals surface area contributed by atoms with Crippen molar-refractivity contribution in [2.75, 3.05) is 24.2 Å². The number of hydrogen-bond donors (Lipinski definition) is 2. The molecular weight excluding hydrogens is 248 g/mol. The van der Waals surface area contributed by atoms with E-state index in [1.807, 2.05) is 7.05 Å². The van der Waals surface area contributed by atoms with E-state index >= 15 is 0 Å². The van der Waals surface area contributed by atoms with Crippen LogP contribution in [0, 0.1) is 5.92 Å². The number of nitrogens with zero attached hydrogens (tertiary/aromatic N) is 2. The van der Waals surface area contributed by atoms with Gasteiger partial charge < -0.3 is 10.6 Å². The third kappa shape index (κ3) is 4.09. The van der Waals surface area contributed by atoms with Gasteiger partial charge in [0.15, 0.2) is 0 Å². The molecule has 1 heterocycles. The summed E-state index contributed by atoms with van der Waals surface area (Å²) in [5.41, 5.74) is 1.22. The van der Waals surface area contributed by atoms with Gasteiger partial charge in [-0.15, -0.1) is 0 Å². The van der Waals surface area contributed by atoms with Crippen molar-refractivity contribution in [2.45, 2.75) is 58.3 Å². The minimum Gasteiger partial charge on any atom is -0.373 e. The molecule has 1 aliphatic rings. The van der Waals surface area contributed by atoms with E-state index in [9.17, 15) is 0 Å². The number of rotatable bonds is 7. The molecule has 2 N–H and O–H groups in total. The maximum atomic E-state index is 4.43. The van der Waals surface area contributed by atoms with Crippen molar-refractivity contribution in [1.29, 1.82) is 0 Å². The maximum absolute atomic E-state index is 4.43. The standard InChI is InChI=1S/C16H28N4/c1-3-7-14-15(17-2)19-12-20-16(14)18-11-10-13-8-5-4-6-9-13/h12-13H,3-11H2,1-2H3,(H2,17,18,19,20). The third-order valence-electron chi connectivity index (χ3n) is 4.25. The molecule has 0 spiro atoms. The maximum Gasteiger partial charge on any atom is 0.134 e. The molecule has 0 atom stereocenters. The molecule has 1 fully saturated rings. The van der Waals surface area contributed by atoms with Gasteiger partial charge in [0, 0.05) is 19.2 Å². The van der Waals surface area contributed by atoms with Gasteiger partial charge in [0.05, 0.1) is 0 Å². The van der Waals surface area contributed by atoms with Gasteiger partial charge >= 0.3 is 0 Å². The zero-order valence-electron chi connectivity index (χ0n) is 12.9. The molecule has 1 aliphatic carbocycles. The summed E-state index contributed by atoms with van der Waals surface area (Å²) in [7, 11) is 1.92. The highest BCUT2D eigenvalue weighted by molar-refractivity contribution is 5.57. The Morgan fingerprint density at radius 3 is 2.60 bits per heavy atom. The predicted molar refractivity (Wildman–Crippen MR) is 85.3 cm³/mol. The van der Waals surface area contributed by atoms with Gasteiger partial charge in [0.2, 0.25) is 0 Å². The van der Waals surface area contributed by atoms with Gasteiger partial charge in [-0.25, -0.2) is 9.97 Å². The minimum atomic E-state index is 0.913. The fraction of sp³-hybridized carbons (Fsp3) is 0.750. The molecule has 1 aromatic heterocycles. The van der Waals surface area contributed by atoms with E-state index in [0.717, 1.165) is 36.9 Å². The summed E-state index contributed by atoms with van der Waals surface area (Å²) in [5, 5.41) is 6.70. The Labute approximate surface area is 122 Å². The Morgan fingerprint density at radius 2 is 1.90 bits per heavy atom. The van der Waals surface area contributed by atoms with Gasteiger partial charge in [-0.1, -0.05) is 45.4 Å². The molecule has 0 amide bonds. The molecule has 20 heavy (non-hydrogen) atoms. The summed E-state index contributed by atoms with van der Waals surface area (Å²) in [6, 6.07) is 0. The van der Waals surface area contributed by atoms with Crippen molar-refractivity contribution in [3.63, 3.8) is 0 Å². The zero-order chi connectivity index (χ0) is 14.2. The van der Waals surface area contributed by atoms with E-state index in [4.69, 9.17) is 0 Å². The highest BCUT2D eigenvalue weighted by Gasteiger charge is 2.14. The first-order valence-corrected chi connectivity index (χ1v) is 8.10. The van der Waals surface area contributed by atoms with Crippen LogP contribution in [0.1, 0.15) is 57.4 Å². The smallest absolute Gasteiger partial charge is 0.134 e. The molecule has 1 aromatic rings. The number of nitrogens with one attached hydrogen (secondary N) is 2. The largest absolute Gasteiger partial charge is 0.373 e. The predicted octanol–water partition coefficient (Wildman–Crippen LogP) is 3.85. The van der Waals surface area contributed by atoms with Crippen molar-refractivity contribution in [1.82, 2.24) is 9.97 Å². The Hall–Kier alpha value is -1.32. The van der Waals surface area contributed by atoms with Crippen molar-refractivity contribution >= 4 is 11.6 Å². The lowest BCUT2D eigenvalue weighted by molar-refractivity contribution is 0.345. The number of aromatic nitrogens is 2. The van der Waals surface area contributed by atoms with Crippen molar-refractivity contribution < 1.29 is 0 Å². The topological polar surface area (TPSA) is 49.8 Å². The summed E-state index contributed by atoms with van der Waals surface area (Å²) >= 11 is 0. The number of hydrogen-bond acceptors (Lipinski definition) is 4. The van der Waals surface area contributed by atoms with Gasteiger partial charge in [0.1, 0.15) is 18.0 Å². The first kappa shape index (κ1) is 15.1. The monoisotopic (exact) mass is 276 g/mol. The van der Waals surface area contributed by atoms with Crippen LogP contribution in [0.4, 0.5) is 11.6 Å². The van der Waals surface area contributed by atoms with Crippen LogP contribution in [0.3, 0.4) is 0 Å². The molecular formula is C16H28N4. The van der Waals surface area contributed by atoms with Gasteiger partial charge in [-0.2, -0.15) is 0 Å². The lowest BCUT2D eigenvalue weighted by atomic mass is 9.87. The van der Waals surface area contributed by atoms with E-state index < -0.39 is 0 Å². The summed E-state index contributed by atoms with van der Waals surface area (Å²) in [6.07, 6.45) is 12.1. The summed E-state index contributed by atoms with van der Waals surface area (Å²) < 4.78 is 0. The van der Waals surface area contributed by atoms with Crippen LogP contribution < -0.4 is 10.6 Å². The fourth-order valence-electron chi connectivity index (χ4n) is 3.14. The molecule has 0 saturated heterocycles. The summed E-state index contributed by atoms with van der Waals surface area (Å²) in [5.74, 6) is 2.89. The first-order valence-electron chi connectivity index (χ1n) is 8.10. The molecule has 112 valence electrons. The lowest BCUT2D eigenvalue weighted by Crippen LogP contribution is -2.14. The molecule has 0 bridgehead atoms. The Balaban J connectivity index is 1.90.